The average Bonchev–Trinajstić information content (AvgIpc) is 2.94. The summed E-state index contributed by atoms with van der Waals surface area (Å²) in [5.74, 6) is 0. The average molecular weight is 297 g/mol. The van der Waals surface area contributed by atoms with Gasteiger partial charge < -0.3 is 10.5 Å². The van der Waals surface area contributed by atoms with Gasteiger partial charge in [-0.15, -0.1) is 23.1 Å². The zero-order valence-corrected chi connectivity index (χ0v) is 12.7. The van der Waals surface area contributed by atoms with E-state index in [0.717, 1.165) is 42.5 Å². The predicted octanol–water partition coefficient (Wildman–Crippen LogP) is 2.56. The van der Waals surface area contributed by atoms with Crippen molar-refractivity contribution in [1.29, 1.82) is 0 Å². The molecule has 6 heteroatoms. The van der Waals surface area contributed by atoms with Gasteiger partial charge in [0.15, 0.2) is 4.96 Å². The van der Waals surface area contributed by atoms with E-state index in [0.29, 0.717) is 5.25 Å². The summed E-state index contributed by atoms with van der Waals surface area (Å²) in [6, 6.07) is 0.161. The van der Waals surface area contributed by atoms with Crippen molar-refractivity contribution in [2.75, 3.05) is 13.2 Å². The Balaban J connectivity index is 1.85. The predicted molar refractivity (Wildman–Crippen MR) is 80.1 cm³/mol. The Kier molecular flexibility index (Phi) is 4.12. The molecule has 1 unspecified atom stereocenters. The summed E-state index contributed by atoms with van der Waals surface area (Å²) in [5, 5.41) is 3.87. The first-order chi connectivity index (χ1) is 9.24. The molecule has 1 aliphatic rings. The minimum Gasteiger partial charge on any atom is -0.381 e. The molecule has 0 aromatic carbocycles. The third kappa shape index (κ3) is 2.97. The van der Waals surface area contributed by atoms with Crippen LogP contribution in [0.1, 0.15) is 25.5 Å². The van der Waals surface area contributed by atoms with E-state index in [9.17, 15) is 0 Å². The van der Waals surface area contributed by atoms with Gasteiger partial charge in [0, 0.05) is 42.5 Å². The third-order valence-corrected chi connectivity index (χ3v) is 5.40. The first-order valence-corrected chi connectivity index (χ1v) is 8.44. The molecule has 3 heterocycles. The number of hydrogen-bond acceptors (Lipinski definition) is 5. The fourth-order valence-electron chi connectivity index (χ4n) is 2.35. The summed E-state index contributed by atoms with van der Waals surface area (Å²) < 4.78 is 7.61. The molecule has 1 atom stereocenters. The maximum atomic E-state index is 5.98. The highest BCUT2D eigenvalue weighted by molar-refractivity contribution is 7.99. The molecule has 1 fully saturated rings. The number of thioether (sulfide) groups is 1. The van der Waals surface area contributed by atoms with E-state index in [4.69, 9.17) is 15.5 Å². The molecular formula is C13H19N3OS2. The van der Waals surface area contributed by atoms with Crippen LogP contribution in [0.25, 0.3) is 4.96 Å². The monoisotopic (exact) mass is 297 g/mol. The molecule has 0 amide bonds. The van der Waals surface area contributed by atoms with Crippen LogP contribution in [0.3, 0.4) is 0 Å². The van der Waals surface area contributed by atoms with E-state index >= 15 is 0 Å². The maximum absolute atomic E-state index is 5.98. The van der Waals surface area contributed by atoms with Gasteiger partial charge in [-0.2, -0.15) is 0 Å². The fourth-order valence-corrected chi connectivity index (χ4v) is 4.34. The van der Waals surface area contributed by atoms with Crippen LogP contribution in [0, 0.1) is 0 Å². The van der Waals surface area contributed by atoms with E-state index in [2.05, 4.69) is 22.9 Å². The van der Waals surface area contributed by atoms with Crippen molar-refractivity contribution in [2.45, 2.75) is 42.5 Å². The Hall–Kier alpha value is -0.560. The molecule has 2 aromatic heterocycles. The zero-order valence-electron chi connectivity index (χ0n) is 11.0. The van der Waals surface area contributed by atoms with E-state index < -0.39 is 0 Å². The Morgan fingerprint density at radius 3 is 3.11 bits per heavy atom. The fraction of sp³-hybridized carbons (Fsp3) is 0.615. The van der Waals surface area contributed by atoms with Gasteiger partial charge in [0.2, 0.25) is 0 Å². The molecule has 0 spiro atoms. The number of ether oxygens (including phenoxy) is 1. The van der Waals surface area contributed by atoms with Gasteiger partial charge in [0.05, 0.1) is 5.69 Å². The summed E-state index contributed by atoms with van der Waals surface area (Å²) >= 11 is 3.59. The number of fused-ring (bicyclic) bond motifs is 1. The van der Waals surface area contributed by atoms with Crippen molar-refractivity contribution < 1.29 is 4.74 Å². The molecule has 0 bridgehead atoms. The van der Waals surface area contributed by atoms with E-state index in [1.54, 1.807) is 11.3 Å². The van der Waals surface area contributed by atoms with Gasteiger partial charge in [-0.05, 0) is 19.8 Å². The molecule has 0 saturated carbocycles. The number of rotatable bonds is 4. The molecular weight excluding hydrogens is 278 g/mol. The first-order valence-electron chi connectivity index (χ1n) is 6.68. The maximum Gasteiger partial charge on any atom is 0.194 e. The standard InChI is InChI=1S/C13H19N3OS2/c1-9(14)8-11-12(15-13-16(11)4-7-18-13)19-10-2-5-17-6-3-10/h4,7,9-10H,2-3,5-6,8,14H2,1H3. The number of aromatic nitrogens is 2. The highest BCUT2D eigenvalue weighted by atomic mass is 32.2. The van der Waals surface area contributed by atoms with Gasteiger partial charge in [-0.1, -0.05) is 0 Å². The Morgan fingerprint density at radius 2 is 2.37 bits per heavy atom. The van der Waals surface area contributed by atoms with Gasteiger partial charge >= 0.3 is 0 Å². The van der Waals surface area contributed by atoms with Gasteiger partial charge in [0.25, 0.3) is 0 Å². The smallest absolute Gasteiger partial charge is 0.194 e. The van der Waals surface area contributed by atoms with E-state index in [-0.39, 0.29) is 6.04 Å². The van der Waals surface area contributed by atoms with Crippen molar-refractivity contribution in [3.8, 4) is 0 Å². The summed E-state index contributed by atoms with van der Waals surface area (Å²) in [7, 11) is 0. The molecule has 19 heavy (non-hydrogen) atoms. The van der Waals surface area contributed by atoms with Crippen LogP contribution in [0.5, 0.6) is 0 Å². The number of thiazole rings is 1. The van der Waals surface area contributed by atoms with E-state index in [1.807, 2.05) is 11.8 Å². The summed E-state index contributed by atoms with van der Waals surface area (Å²) in [5.41, 5.74) is 7.24. The van der Waals surface area contributed by atoms with Gasteiger partial charge in [-0.25, -0.2) is 4.98 Å². The van der Waals surface area contributed by atoms with Crippen LogP contribution in [0.2, 0.25) is 0 Å². The van der Waals surface area contributed by atoms with Crippen LogP contribution in [0.4, 0.5) is 0 Å². The Labute approximate surface area is 121 Å². The Bertz CT molecular complexity index is 543. The molecule has 4 nitrogen and oxygen atoms in total. The minimum atomic E-state index is 0.161. The summed E-state index contributed by atoms with van der Waals surface area (Å²) in [6.07, 6.45) is 5.21. The Morgan fingerprint density at radius 1 is 1.58 bits per heavy atom. The lowest BCUT2D eigenvalue weighted by molar-refractivity contribution is 0.1000. The largest absolute Gasteiger partial charge is 0.381 e. The lowest BCUT2D eigenvalue weighted by Gasteiger charge is -2.21. The number of hydrogen-bond donors (Lipinski definition) is 1. The van der Waals surface area contributed by atoms with Crippen LogP contribution in [-0.2, 0) is 11.2 Å². The second-order valence-corrected chi connectivity index (χ2v) is 7.19. The lowest BCUT2D eigenvalue weighted by Crippen LogP contribution is -2.20. The SMILES string of the molecule is CC(N)Cc1c(SC2CCOCC2)nc2sccn12. The normalized spacial score (nSPS) is 19.1. The van der Waals surface area contributed by atoms with Crippen LogP contribution in [0.15, 0.2) is 16.6 Å². The van der Waals surface area contributed by atoms with Gasteiger partial charge in [0.1, 0.15) is 5.03 Å². The van der Waals surface area contributed by atoms with Crippen LogP contribution >= 0.6 is 23.1 Å². The third-order valence-electron chi connectivity index (χ3n) is 3.29. The zero-order chi connectivity index (χ0) is 13.2. The molecule has 0 radical (unpaired) electrons. The quantitative estimate of drug-likeness (QED) is 0.942. The summed E-state index contributed by atoms with van der Waals surface area (Å²) in [4.78, 5) is 5.84. The number of imidazole rings is 1. The second kappa shape index (κ2) is 5.83. The van der Waals surface area contributed by atoms with Gasteiger partial charge in [-0.3, -0.25) is 4.40 Å². The first kappa shape index (κ1) is 13.4. The summed E-state index contributed by atoms with van der Waals surface area (Å²) in [6.45, 7) is 3.81. The molecule has 2 aromatic rings. The van der Waals surface area contributed by atoms with Crippen molar-refractivity contribution in [3.05, 3.63) is 17.3 Å². The van der Waals surface area contributed by atoms with E-state index in [1.165, 1.54) is 5.69 Å². The topological polar surface area (TPSA) is 52.5 Å². The van der Waals surface area contributed by atoms with Crippen molar-refractivity contribution in [3.63, 3.8) is 0 Å². The highest BCUT2D eigenvalue weighted by Crippen LogP contribution is 2.33. The molecule has 104 valence electrons. The van der Waals surface area contributed by atoms with Crippen LogP contribution in [-0.4, -0.2) is 33.9 Å². The molecule has 3 rings (SSSR count). The van der Waals surface area contributed by atoms with Crippen LogP contribution < -0.4 is 5.73 Å². The molecule has 2 N–H and O–H groups in total. The molecule has 1 saturated heterocycles. The second-order valence-electron chi connectivity index (χ2n) is 5.03. The van der Waals surface area contributed by atoms with Crippen molar-refractivity contribution >= 4 is 28.1 Å². The molecule has 1 aliphatic heterocycles. The molecule has 0 aliphatic carbocycles. The lowest BCUT2D eigenvalue weighted by atomic mass is 10.2. The van der Waals surface area contributed by atoms with Crippen molar-refractivity contribution in [1.82, 2.24) is 9.38 Å². The highest BCUT2D eigenvalue weighted by Gasteiger charge is 2.21. The minimum absolute atomic E-state index is 0.161. The number of nitrogens with zero attached hydrogens (tertiary/aromatic N) is 2. The van der Waals surface area contributed by atoms with Crippen molar-refractivity contribution in [2.24, 2.45) is 5.73 Å². The number of nitrogens with two attached hydrogens (primary N) is 1.